The zero-order valence-corrected chi connectivity index (χ0v) is 12.0. The minimum atomic E-state index is -1.04. The molecule has 5 nitrogen and oxygen atoms in total. The molecule has 2 saturated carbocycles. The van der Waals surface area contributed by atoms with E-state index < -0.39 is 5.97 Å². The first kappa shape index (κ1) is 13.9. The minimum Gasteiger partial charge on any atom is -0.496 e. The summed E-state index contributed by atoms with van der Waals surface area (Å²) in [6.07, 6.45) is 4.58. The third-order valence-electron chi connectivity index (χ3n) is 4.77. The van der Waals surface area contributed by atoms with Gasteiger partial charge in [0.25, 0.3) is 0 Å². The largest absolute Gasteiger partial charge is 0.496 e. The number of benzene rings is 1. The molecule has 0 heterocycles. The summed E-state index contributed by atoms with van der Waals surface area (Å²) in [6.45, 7) is 0. The molecule has 112 valence electrons. The molecule has 0 aliphatic heterocycles. The second-order valence-electron chi connectivity index (χ2n) is 5.99. The molecule has 2 aliphatic rings. The van der Waals surface area contributed by atoms with E-state index in [-0.39, 0.29) is 23.1 Å². The Morgan fingerprint density at radius 1 is 1.29 bits per heavy atom. The Morgan fingerprint density at radius 2 is 2.10 bits per heavy atom. The fraction of sp³-hybridized carbons (Fsp3) is 0.500. The molecule has 1 aromatic rings. The summed E-state index contributed by atoms with van der Waals surface area (Å²) < 4.78 is 5.07. The summed E-state index contributed by atoms with van der Waals surface area (Å²) in [5.74, 6) is 0.608. The Kier molecular flexibility index (Phi) is 3.57. The molecule has 2 bridgehead atoms. The van der Waals surface area contributed by atoms with Crippen molar-refractivity contribution in [1.29, 1.82) is 0 Å². The lowest BCUT2D eigenvalue weighted by Crippen LogP contribution is -2.27. The van der Waals surface area contributed by atoms with Gasteiger partial charge in [-0.3, -0.25) is 4.79 Å². The Hall–Kier alpha value is -2.04. The molecule has 2 aliphatic carbocycles. The summed E-state index contributed by atoms with van der Waals surface area (Å²) in [7, 11) is 1.42. The molecule has 3 atom stereocenters. The van der Waals surface area contributed by atoms with Gasteiger partial charge in [0, 0.05) is 17.7 Å². The standard InChI is InChI=1S/C16H19NO4/c1-21-14-8-11(4-5-12(14)16(19)20)17-15(18)13-7-9-2-3-10(13)6-9/h4-5,8-10,13H,2-3,6-7H2,1H3,(H,17,18)(H,19,20). The fourth-order valence-electron chi connectivity index (χ4n) is 3.75. The number of carbonyl (C=O) groups is 2. The minimum absolute atomic E-state index is 0.0485. The van der Waals surface area contributed by atoms with E-state index in [2.05, 4.69) is 5.32 Å². The second-order valence-corrected chi connectivity index (χ2v) is 5.99. The van der Waals surface area contributed by atoms with Crippen LogP contribution in [0.15, 0.2) is 18.2 Å². The van der Waals surface area contributed by atoms with Crippen LogP contribution in [-0.4, -0.2) is 24.1 Å². The highest BCUT2D eigenvalue weighted by Crippen LogP contribution is 2.48. The topological polar surface area (TPSA) is 75.6 Å². The number of carbonyl (C=O) groups excluding carboxylic acids is 1. The van der Waals surface area contributed by atoms with Crippen LogP contribution < -0.4 is 10.1 Å². The number of hydrogen-bond acceptors (Lipinski definition) is 3. The molecule has 3 rings (SSSR count). The van der Waals surface area contributed by atoms with Crippen molar-refractivity contribution in [2.24, 2.45) is 17.8 Å². The first-order chi connectivity index (χ1) is 10.1. The highest BCUT2D eigenvalue weighted by atomic mass is 16.5. The number of carboxylic acids is 1. The quantitative estimate of drug-likeness (QED) is 0.893. The molecule has 1 aromatic carbocycles. The molecule has 3 unspecified atom stereocenters. The number of amides is 1. The van der Waals surface area contributed by atoms with Crippen LogP contribution in [0.5, 0.6) is 5.75 Å². The van der Waals surface area contributed by atoms with E-state index in [0.29, 0.717) is 11.6 Å². The average Bonchev–Trinajstić information content (AvgIpc) is 3.09. The van der Waals surface area contributed by atoms with Crippen LogP contribution in [-0.2, 0) is 4.79 Å². The maximum absolute atomic E-state index is 12.4. The summed E-state index contributed by atoms with van der Waals surface area (Å²) in [5.41, 5.74) is 0.681. The van der Waals surface area contributed by atoms with Gasteiger partial charge in [0.2, 0.25) is 5.91 Å². The summed E-state index contributed by atoms with van der Waals surface area (Å²) in [4.78, 5) is 23.4. The number of methoxy groups -OCH3 is 1. The van der Waals surface area contributed by atoms with Crippen LogP contribution in [0.3, 0.4) is 0 Å². The molecule has 0 saturated heterocycles. The third kappa shape index (κ3) is 2.60. The second kappa shape index (κ2) is 5.39. The lowest BCUT2D eigenvalue weighted by Gasteiger charge is -2.21. The monoisotopic (exact) mass is 289 g/mol. The summed E-state index contributed by atoms with van der Waals surface area (Å²) >= 11 is 0. The van der Waals surface area contributed by atoms with Crippen molar-refractivity contribution >= 4 is 17.6 Å². The number of carboxylic acid groups (broad SMARTS) is 1. The molecular weight excluding hydrogens is 270 g/mol. The van der Waals surface area contributed by atoms with Crippen LogP contribution in [0.1, 0.15) is 36.0 Å². The number of rotatable bonds is 4. The van der Waals surface area contributed by atoms with Crippen LogP contribution in [0.4, 0.5) is 5.69 Å². The molecule has 0 aromatic heterocycles. The maximum Gasteiger partial charge on any atom is 0.339 e. The van der Waals surface area contributed by atoms with Crippen molar-refractivity contribution in [3.8, 4) is 5.75 Å². The van der Waals surface area contributed by atoms with Crippen molar-refractivity contribution in [2.75, 3.05) is 12.4 Å². The number of aromatic carboxylic acids is 1. The van der Waals surface area contributed by atoms with Crippen molar-refractivity contribution < 1.29 is 19.4 Å². The molecule has 21 heavy (non-hydrogen) atoms. The van der Waals surface area contributed by atoms with Crippen LogP contribution in [0.2, 0.25) is 0 Å². The molecule has 0 radical (unpaired) electrons. The first-order valence-electron chi connectivity index (χ1n) is 7.30. The van der Waals surface area contributed by atoms with Gasteiger partial charge in [-0.05, 0) is 43.2 Å². The van der Waals surface area contributed by atoms with Gasteiger partial charge in [0.05, 0.1) is 7.11 Å². The Balaban J connectivity index is 1.73. The Morgan fingerprint density at radius 3 is 2.67 bits per heavy atom. The van der Waals surface area contributed by atoms with Gasteiger partial charge in [0.15, 0.2) is 0 Å². The van der Waals surface area contributed by atoms with Gasteiger partial charge in [-0.15, -0.1) is 0 Å². The predicted molar refractivity (Wildman–Crippen MR) is 77.5 cm³/mol. The average molecular weight is 289 g/mol. The molecule has 2 N–H and O–H groups in total. The van der Waals surface area contributed by atoms with Crippen LogP contribution in [0.25, 0.3) is 0 Å². The lowest BCUT2D eigenvalue weighted by atomic mass is 9.88. The lowest BCUT2D eigenvalue weighted by molar-refractivity contribution is -0.121. The van der Waals surface area contributed by atoms with E-state index in [4.69, 9.17) is 9.84 Å². The Labute approximate surface area is 123 Å². The maximum atomic E-state index is 12.4. The van der Waals surface area contributed by atoms with Gasteiger partial charge in [0.1, 0.15) is 11.3 Å². The van der Waals surface area contributed by atoms with E-state index in [0.717, 1.165) is 18.8 Å². The van der Waals surface area contributed by atoms with Crippen molar-refractivity contribution in [1.82, 2.24) is 0 Å². The highest BCUT2D eigenvalue weighted by molar-refractivity contribution is 5.95. The number of anilines is 1. The smallest absolute Gasteiger partial charge is 0.339 e. The van der Waals surface area contributed by atoms with Crippen LogP contribution in [0, 0.1) is 17.8 Å². The van der Waals surface area contributed by atoms with Gasteiger partial charge >= 0.3 is 5.97 Å². The van der Waals surface area contributed by atoms with Gasteiger partial charge in [-0.2, -0.15) is 0 Å². The number of ether oxygens (including phenoxy) is 1. The molecule has 5 heteroatoms. The first-order valence-corrected chi connectivity index (χ1v) is 7.30. The molecule has 1 amide bonds. The molecular formula is C16H19NO4. The van der Waals surface area contributed by atoms with Gasteiger partial charge < -0.3 is 15.2 Å². The summed E-state index contributed by atoms with van der Waals surface area (Å²) in [5, 5.41) is 11.9. The van der Waals surface area contributed by atoms with Crippen molar-refractivity contribution in [3.05, 3.63) is 23.8 Å². The van der Waals surface area contributed by atoms with E-state index in [9.17, 15) is 9.59 Å². The zero-order valence-electron chi connectivity index (χ0n) is 12.0. The fourth-order valence-corrected chi connectivity index (χ4v) is 3.75. The van der Waals surface area contributed by atoms with E-state index >= 15 is 0 Å². The van der Waals surface area contributed by atoms with Gasteiger partial charge in [-0.1, -0.05) is 6.42 Å². The SMILES string of the molecule is COc1cc(NC(=O)C2CC3CCC2C3)ccc1C(=O)O. The van der Waals surface area contributed by atoms with Crippen LogP contribution >= 0.6 is 0 Å². The van der Waals surface area contributed by atoms with Crippen molar-refractivity contribution in [2.45, 2.75) is 25.7 Å². The third-order valence-corrected chi connectivity index (χ3v) is 4.77. The van der Waals surface area contributed by atoms with Gasteiger partial charge in [-0.25, -0.2) is 4.79 Å². The molecule has 0 spiro atoms. The number of fused-ring (bicyclic) bond motifs is 2. The number of nitrogens with one attached hydrogen (secondary N) is 1. The predicted octanol–water partition coefficient (Wildman–Crippen LogP) is 2.77. The van der Waals surface area contributed by atoms with Crippen molar-refractivity contribution in [3.63, 3.8) is 0 Å². The summed E-state index contributed by atoms with van der Waals surface area (Å²) in [6, 6.07) is 4.63. The molecule has 2 fully saturated rings. The Bertz CT molecular complexity index is 584. The zero-order chi connectivity index (χ0) is 15.0. The number of hydrogen-bond donors (Lipinski definition) is 2. The normalized spacial score (nSPS) is 26.6. The van der Waals surface area contributed by atoms with E-state index in [1.54, 1.807) is 12.1 Å². The van der Waals surface area contributed by atoms with E-state index in [1.807, 2.05) is 0 Å². The van der Waals surface area contributed by atoms with E-state index in [1.165, 1.54) is 26.0 Å². The highest BCUT2D eigenvalue weighted by Gasteiger charge is 2.43.